The van der Waals surface area contributed by atoms with Crippen LogP contribution < -0.4 is 15.5 Å². The zero-order chi connectivity index (χ0) is 23.5. The van der Waals surface area contributed by atoms with Crippen molar-refractivity contribution < 1.29 is 9.59 Å². The normalized spacial score (nSPS) is 12.1. The molecule has 0 bridgehead atoms. The highest BCUT2D eigenvalue weighted by atomic mass is 32.2. The van der Waals surface area contributed by atoms with Gasteiger partial charge in [0.25, 0.3) is 11.8 Å². The van der Waals surface area contributed by atoms with Gasteiger partial charge in [0, 0.05) is 24.2 Å². The Morgan fingerprint density at radius 1 is 0.971 bits per heavy atom. The highest BCUT2D eigenvalue weighted by Gasteiger charge is 2.25. The zero-order valence-corrected chi connectivity index (χ0v) is 19.0. The molecule has 0 spiro atoms. The second kappa shape index (κ2) is 9.32. The molecule has 168 valence electrons. The number of benzene rings is 1. The number of hydrogen-bond acceptors (Lipinski definition) is 7. The Morgan fingerprint density at radius 3 is 2.62 bits per heavy atom. The summed E-state index contributed by atoms with van der Waals surface area (Å²) in [6.45, 7) is 0.364. The number of rotatable bonds is 4. The monoisotopic (exact) mass is 468 g/mol. The van der Waals surface area contributed by atoms with Crippen LogP contribution in [0.25, 0.3) is 0 Å². The van der Waals surface area contributed by atoms with Gasteiger partial charge in [-0.1, -0.05) is 18.2 Å². The van der Waals surface area contributed by atoms with Crippen LogP contribution in [-0.2, 0) is 6.54 Å². The SMILES string of the molecule is CSc1ncccc1C(=O)Nc1ccc(C(=O)N2Cc3cccnc3Nc3ccccc32)cn1. The number of amides is 2. The molecule has 0 saturated carbocycles. The average molecular weight is 469 g/mol. The lowest BCUT2D eigenvalue weighted by molar-refractivity contribution is 0.0984. The van der Waals surface area contributed by atoms with E-state index in [9.17, 15) is 9.59 Å². The summed E-state index contributed by atoms with van der Waals surface area (Å²) in [4.78, 5) is 40.8. The Morgan fingerprint density at radius 2 is 1.79 bits per heavy atom. The van der Waals surface area contributed by atoms with E-state index in [-0.39, 0.29) is 11.8 Å². The van der Waals surface area contributed by atoms with Crippen molar-refractivity contribution >= 4 is 46.6 Å². The van der Waals surface area contributed by atoms with Gasteiger partial charge >= 0.3 is 0 Å². The predicted octanol–water partition coefficient (Wildman–Crippen LogP) is 4.75. The summed E-state index contributed by atoms with van der Waals surface area (Å²) in [5, 5.41) is 6.72. The second-order valence-corrected chi connectivity index (χ2v) is 8.29. The quantitative estimate of drug-likeness (QED) is 0.417. The first-order valence-electron chi connectivity index (χ1n) is 10.5. The van der Waals surface area contributed by atoms with Crippen LogP contribution in [-0.4, -0.2) is 33.0 Å². The number of anilines is 4. The molecule has 0 unspecified atom stereocenters. The molecule has 1 aliphatic rings. The maximum absolute atomic E-state index is 13.5. The van der Waals surface area contributed by atoms with Crippen molar-refractivity contribution in [2.75, 3.05) is 21.8 Å². The van der Waals surface area contributed by atoms with Crippen molar-refractivity contribution in [1.29, 1.82) is 0 Å². The van der Waals surface area contributed by atoms with Crippen molar-refractivity contribution in [2.24, 2.45) is 0 Å². The summed E-state index contributed by atoms with van der Waals surface area (Å²) in [5.41, 5.74) is 3.34. The number of fused-ring (bicyclic) bond motifs is 2. The first-order valence-corrected chi connectivity index (χ1v) is 11.7. The highest BCUT2D eigenvalue weighted by molar-refractivity contribution is 7.98. The summed E-state index contributed by atoms with van der Waals surface area (Å²) >= 11 is 1.40. The molecule has 0 aliphatic carbocycles. The van der Waals surface area contributed by atoms with Gasteiger partial charge in [-0.2, -0.15) is 0 Å². The van der Waals surface area contributed by atoms with E-state index in [1.165, 1.54) is 18.0 Å². The third-order valence-electron chi connectivity index (χ3n) is 5.37. The number of para-hydroxylation sites is 2. The fourth-order valence-electron chi connectivity index (χ4n) is 3.72. The van der Waals surface area contributed by atoms with E-state index in [2.05, 4.69) is 25.6 Å². The minimum atomic E-state index is -0.305. The molecule has 0 radical (unpaired) electrons. The molecule has 3 aromatic heterocycles. The van der Waals surface area contributed by atoms with Crippen LogP contribution >= 0.6 is 11.8 Å². The molecule has 1 aliphatic heterocycles. The molecule has 8 nitrogen and oxygen atoms in total. The largest absolute Gasteiger partial charge is 0.338 e. The van der Waals surface area contributed by atoms with Crippen LogP contribution in [0.5, 0.6) is 0 Å². The highest BCUT2D eigenvalue weighted by Crippen LogP contribution is 2.35. The maximum atomic E-state index is 13.5. The zero-order valence-electron chi connectivity index (χ0n) is 18.2. The van der Waals surface area contributed by atoms with Gasteiger partial charge in [-0.25, -0.2) is 15.0 Å². The smallest absolute Gasteiger partial charge is 0.260 e. The van der Waals surface area contributed by atoms with Crippen molar-refractivity contribution in [3.63, 3.8) is 0 Å². The van der Waals surface area contributed by atoms with E-state index in [0.29, 0.717) is 28.5 Å². The van der Waals surface area contributed by atoms with Gasteiger partial charge in [0.15, 0.2) is 0 Å². The molecule has 0 fully saturated rings. The van der Waals surface area contributed by atoms with E-state index >= 15 is 0 Å². The van der Waals surface area contributed by atoms with Gasteiger partial charge in [-0.15, -0.1) is 11.8 Å². The lowest BCUT2D eigenvalue weighted by Gasteiger charge is -2.22. The topological polar surface area (TPSA) is 100 Å². The maximum Gasteiger partial charge on any atom is 0.260 e. The van der Waals surface area contributed by atoms with Gasteiger partial charge in [0.1, 0.15) is 16.7 Å². The molecule has 4 aromatic rings. The Balaban J connectivity index is 1.39. The number of carbonyl (C=O) groups is 2. The fourth-order valence-corrected chi connectivity index (χ4v) is 4.26. The van der Waals surface area contributed by atoms with E-state index in [1.807, 2.05) is 42.7 Å². The number of aromatic nitrogens is 3. The fraction of sp³-hybridized carbons (Fsp3) is 0.0800. The van der Waals surface area contributed by atoms with Gasteiger partial charge in [0.05, 0.1) is 29.0 Å². The number of nitrogens with zero attached hydrogens (tertiary/aromatic N) is 4. The molecule has 2 N–H and O–H groups in total. The van der Waals surface area contributed by atoms with Crippen LogP contribution in [0, 0.1) is 0 Å². The summed E-state index contributed by atoms with van der Waals surface area (Å²) in [5.74, 6) is 0.570. The van der Waals surface area contributed by atoms with E-state index < -0.39 is 0 Å². The van der Waals surface area contributed by atoms with Gasteiger partial charge in [-0.3, -0.25) is 9.59 Å². The summed E-state index contributed by atoms with van der Waals surface area (Å²) in [6, 6.07) is 18.1. The molecule has 0 saturated heterocycles. The van der Waals surface area contributed by atoms with Crippen molar-refractivity contribution in [3.8, 4) is 0 Å². The molecular formula is C25H20N6O2S. The van der Waals surface area contributed by atoms with Crippen LogP contribution in [0.1, 0.15) is 26.3 Å². The van der Waals surface area contributed by atoms with Crippen molar-refractivity contribution in [1.82, 2.24) is 15.0 Å². The van der Waals surface area contributed by atoms with Gasteiger partial charge in [-0.05, 0) is 48.7 Å². The van der Waals surface area contributed by atoms with Gasteiger partial charge in [0.2, 0.25) is 0 Å². The Kier molecular flexibility index (Phi) is 5.92. The number of thioether (sulfide) groups is 1. The molecule has 9 heteroatoms. The predicted molar refractivity (Wildman–Crippen MR) is 133 cm³/mol. The number of hydrogen-bond donors (Lipinski definition) is 2. The van der Waals surface area contributed by atoms with Crippen molar-refractivity contribution in [3.05, 3.63) is 95.9 Å². The van der Waals surface area contributed by atoms with Crippen LogP contribution in [0.4, 0.5) is 23.0 Å². The van der Waals surface area contributed by atoms with E-state index in [0.717, 1.165) is 22.8 Å². The molecule has 4 heterocycles. The first-order chi connectivity index (χ1) is 16.6. The Labute approximate surface area is 200 Å². The standard InChI is InChI=1S/C25H20N6O2S/c1-34-24-18(7-5-13-27-24)23(32)30-21-11-10-16(14-28-21)25(33)31-15-17-6-4-12-26-22(17)29-19-8-2-3-9-20(19)31/h2-14H,15H2,1H3,(H,26,29)(H,28,30,32). The van der Waals surface area contributed by atoms with Crippen LogP contribution in [0.15, 0.2) is 84.3 Å². The molecule has 0 atom stereocenters. The van der Waals surface area contributed by atoms with Crippen LogP contribution in [0.2, 0.25) is 0 Å². The lowest BCUT2D eigenvalue weighted by Crippen LogP contribution is -2.30. The molecule has 2 amide bonds. The molecule has 34 heavy (non-hydrogen) atoms. The molecular weight excluding hydrogens is 448 g/mol. The molecule has 1 aromatic carbocycles. The lowest BCUT2D eigenvalue weighted by atomic mass is 10.1. The van der Waals surface area contributed by atoms with Crippen LogP contribution in [0.3, 0.4) is 0 Å². The number of nitrogens with one attached hydrogen (secondary N) is 2. The number of pyridine rings is 3. The third kappa shape index (κ3) is 4.20. The van der Waals surface area contributed by atoms with Gasteiger partial charge < -0.3 is 15.5 Å². The van der Waals surface area contributed by atoms with Crippen molar-refractivity contribution in [2.45, 2.75) is 11.6 Å². The molecule has 5 rings (SSSR count). The van der Waals surface area contributed by atoms with E-state index in [1.54, 1.807) is 41.6 Å². The number of carbonyl (C=O) groups excluding carboxylic acids is 2. The Hall–Kier alpha value is -4.24. The first kappa shape index (κ1) is 21.6. The Bertz CT molecular complexity index is 1380. The summed E-state index contributed by atoms with van der Waals surface area (Å²) in [7, 11) is 0. The second-order valence-electron chi connectivity index (χ2n) is 7.49. The average Bonchev–Trinajstić information content (AvgIpc) is 3.05. The summed E-state index contributed by atoms with van der Waals surface area (Å²) < 4.78 is 0. The van der Waals surface area contributed by atoms with E-state index in [4.69, 9.17) is 0 Å². The third-order valence-corrected chi connectivity index (χ3v) is 6.09. The minimum Gasteiger partial charge on any atom is -0.338 e. The summed E-state index contributed by atoms with van der Waals surface area (Å²) in [6.07, 6.45) is 6.70. The minimum absolute atomic E-state index is 0.201.